The topological polar surface area (TPSA) is 48.5 Å². The molecular formula is C17H20N2O2. The molecule has 0 fully saturated rings. The molecule has 110 valence electrons. The molecule has 0 aliphatic rings. The number of para-hydroxylation sites is 1. The van der Waals surface area contributed by atoms with Gasteiger partial charge in [-0.3, -0.25) is 0 Å². The summed E-state index contributed by atoms with van der Waals surface area (Å²) in [6.07, 6.45) is -0.500. The second-order valence-corrected chi connectivity index (χ2v) is 5.58. The Bertz CT molecular complexity index is 749. The van der Waals surface area contributed by atoms with E-state index in [9.17, 15) is 5.11 Å². The predicted molar refractivity (Wildman–Crippen MR) is 85.9 cm³/mol. The number of hydrogen-bond donors (Lipinski definition) is 2. The van der Waals surface area contributed by atoms with Gasteiger partial charge in [0.2, 0.25) is 0 Å². The Morgan fingerprint density at radius 2 is 1.86 bits per heavy atom. The van der Waals surface area contributed by atoms with Crippen molar-refractivity contribution < 1.29 is 9.84 Å². The average Bonchev–Trinajstić information content (AvgIpc) is 2.83. The molecule has 0 aliphatic heterocycles. The number of H-pyrrole nitrogens is 1. The zero-order valence-electron chi connectivity index (χ0n) is 12.3. The van der Waals surface area contributed by atoms with Crippen molar-refractivity contribution in [3.05, 3.63) is 42.5 Å². The fourth-order valence-corrected chi connectivity index (χ4v) is 2.65. The average molecular weight is 284 g/mol. The Balaban J connectivity index is 1.91. The van der Waals surface area contributed by atoms with Crippen molar-refractivity contribution in [1.82, 2.24) is 9.88 Å². The fourth-order valence-electron chi connectivity index (χ4n) is 2.65. The van der Waals surface area contributed by atoms with Crippen molar-refractivity contribution in [2.75, 3.05) is 27.2 Å². The van der Waals surface area contributed by atoms with Gasteiger partial charge in [0.25, 0.3) is 0 Å². The number of benzene rings is 2. The van der Waals surface area contributed by atoms with Crippen LogP contribution in [0.4, 0.5) is 0 Å². The number of aliphatic hydroxyl groups excluding tert-OH is 1. The van der Waals surface area contributed by atoms with Crippen molar-refractivity contribution in [3.63, 3.8) is 0 Å². The third kappa shape index (κ3) is 2.86. The molecule has 1 atom stereocenters. The summed E-state index contributed by atoms with van der Waals surface area (Å²) in [4.78, 5) is 5.33. The number of aromatic nitrogens is 1. The van der Waals surface area contributed by atoms with Gasteiger partial charge in [-0.25, -0.2) is 0 Å². The van der Waals surface area contributed by atoms with Crippen molar-refractivity contribution in [2.45, 2.75) is 6.10 Å². The standard InChI is InChI=1S/C17H20N2O2/c1-19(2)10-12(20)11-21-16-9-5-8-15-17(16)13-6-3-4-7-14(13)18-15/h3-9,12,18,20H,10-11H2,1-2H3. The minimum atomic E-state index is -0.500. The van der Waals surface area contributed by atoms with Gasteiger partial charge in [-0.1, -0.05) is 24.3 Å². The molecule has 4 heteroatoms. The van der Waals surface area contributed by atoms with Crippen molar-refractivity contribution in [2.24, 2.45) is 0 Å². The first-order valence-corrected chi connectivity index (χ1v) is 7.10. The first-order chi connectivity index (χ1) is 10.1. The van der Waals surface area contributed by atoms with E-state index in [0.29, 0.717) is 6.54 Å². The number of aromatic amines is 1. The van der Waals surface area contributed by atoms with Gasteiger partial charge in [-0.05, 0) is 32.3 Å². The van der Waals surface area contributed by atoms with Crippen LogP contribution < -0.4 is 4.74 Å². The Morgan fingerprint density at radius 3 is 2.67 bits per heavy atom. The lowest BCUT2D eigenvalue weighted by Gasteiger charge is -2.17. The largest absolute Gasteiger partial charge is 0.490 e. The normalized spacial score (nSPS) is 13.1. The molecule has 1 aromatic heterocycles. The van der Waals surface area contributed by atoms with Crippen molar-refractivity contribution >= 4 is 21.8 Å². The Hall–Kier alpha value is -2.04. The molecule has 3 rings (SSSR count). The molecule has 0 saturated carbocycles. The van der Waals surface area contributed by atoms with Gasteiger partial charge in [0, 0.05) is 22.8 Å². The molecule has 0 saturated heterocycles. The quantitative estimate of drug-likeness (QED) is 0.757. The highest BCUT2D eigenvalue weighted by Gasteiger charge is 2.11. The van der Waals surface area contributed by atoms with E-state index in [1.807, 2.05) is 49.3 Å². The molecule has 1 unspecified atom stereocenters. The molecule has 0 radical (unpaired) electrons. The molecule has 0 bridgehead atoms. The van der Waals surface area contributed by atoms with Crippen molar-refractivity contribution in [1.29, 1.82) is 0 Å². The Kier molecular flexibility index (Phi) is 3.82. The lowest BCUT2D eigenvalue weighted by molar-refractivity contribution is 0.0838. The smallest absolute Gasteiger partial charge is 0.129 e. The maximum atomic E-state index is 9.94. The van der Waals surface area contributed by atoms with Gasteiger partial charge in [0.05, 0.1) is 5.52 Å². The van der Waals surface area contributed by atoms with E-state index in [-0.39, 0.29) is 6.61 Å². The maximum Gasteiger partial charge on any atom is 0.129 e. The summed E-state index contributed by atoms with van der Waals surface area (Å²) >= 11 is 0. The summed E-state index contributed by atoms with van der Waals surface area (Å²) < 4.78 is 5.85. The molecule has 21 heavy (non-hydrogen) atoms. The third-order valence-electron chi connectivity index (χ3n) is 3.50. The lowest BCUT2D eigenvalue weighted by atomic mass is 10.1. The maximum absolute atomic E-state index is 9.94. The van der Waals surface area contributed by atoms with Crippen LogP contribution in [0.5, 0.6) is 5.75 Å². The highest BCUT2D eigenvalue weighted by Crippen LogP contribution is 2.32. The van der Waals surface area contributed by atoms with E-state index < -0.39 is 6.10 Å². The monoisotopic (exact) mass is 284 g/mol. The number of nitrogens with one attached hydrogen (secondary N) is 1. The number of ether oxygens (including phenoxy) is 1. The number of likely N-dealkylation sites (N-methyl/N-ethyl adjacent to an activating group) is 1. The molecule has 0 spiro atoms. The van der Waals surface area contributed by atoms with E-state index in [2.05, 4.69) is 17.1 Å². The van der Waals surface area contributed by atoms with Gasteiger partial charge < -0.3 is 19.7 Å². The second kappa shape index (κ2) is 5.76. The van der Waals surface area contributed by atoms with E-state index >= 15 is 0 Å². The Labute approximate surface area is 123 Å². The molecule has 4 nitrogen and oxygen atoms in total. The van der Waals surface area contributed by atoms with Crippen molar-refractivity contribution in [3.8, 4) is 5.75 Å². The number of aliphatic hydroxyl groups is 1. The van der Waals surface area contributed by atoms with E-state index in [1.165, 1.54) is 0 Å². The summed E-state index contributed by atoms with van der Waals surface area (Å²) in [5.74, 6) is 0.808. The zero-order valence-corrected chi connectivity index (χ0v) is 12.3. The minimum Gasteiger partial charge on any atom is -0.490 e. The van der Waals surface area contributed by atoms with E-state index in [0.717, 1.165) is 27.6 Å². The van der Waals surface area contributed by atoms with Crippen LogP contribution in [-0.2, 0) is 0 Å². The van der Waals surface area contributed by atoms with Crippen LogP contribution in [0.3, 0.4) is 0 Å². The molecule has 0 amide bonds. The number of fused-ring (bicyclic) bond motifs is 3. The molecule has 0 aliphatic carbocycles. The van der Waals surface area contributed by atoms with Gasteiger partial charge in [-0.2, -0.15) is 0 Å². The summed E-state index contributed by atoms with van der Waals surface area (Å²) in [7, 11) is 3.87. The first kappa shape index (κ1) is 13.9. The number of rotatable bonds is 5. The third-order valence-corrected chi connectivity index (χ3v) is 3.50. The SMILES string of the molecule is CN(C)CC(O)COc1cccc2[nH]c3ccccc3c12. The highest BCUT2D eigenvalue weighted by atomic mass is 16.5. The zero-order chi connectivity index (χ0) is 14.8. The van der Waals surface area contributed by atoms with Crippen LogP contribution in [0.1, 0.15) is 0 Å². The van der Waals surface area contributed by atoms with Crippen LogP contribution in [0.25, 0.3) is 21.8 Å². The van der Waals surface area contributed by atoms with Crippen LogP contribution in [0.15, 0.2) is 42.5 Å². The Morgan fingerprint density at radius 1 is 1.10 bits per heavy atom. The van der Waals surface area contributed by atoms with E-state index in [4.69, 9.17) is 4.74 Å². The molecule has 1 heterocycles. The molecule has 2 N–H and O–H groups in total. The fraction of sp³-hybridized carbons (Fsp3) is 0.294. The predicted octanol–water partition coefficient (Wildman–Crippen LogP) is 2.62. The summed E-state index contributed by atoms with van der Waals surface area (Å²) in [6.45, 7) is 0.876. The van der Waals surface area contributed by atoms with Gasteiger partial charge in [0.1, 0.15) is 18.5 Å². The van der Waals surface area contributed by atoms with Gasteiger partial charge in [0.15, 0.2) is 0 Å². The molecule has 2 aromatic carbocycles. The minimum absolute atomic E-state index is 0.288. The highest BCUT2D eigenvalue weighted by molar-refractivity contribution is 6.10. The number of nitrogens with zero attached hydrogens (tertiary/aromatic N) is 1. The van der Waals surface area contributed by atoms with E-state index in [1.54, 1.807) is 0 Å². The molecular weight excluding hydrogens is 264 g/mol. The second-order valence-electron chi connectivity index (χ2n) is 5.58. The summed E-state index contributed by atoms with van der Waals surface area (Å²) in [6, 6.07) is 14.1. The lowest BCUT2D eigenvalue weighted by Crippen LogP contribution is -2.30. The number of hydrogen-bond acceptors (Lipinski definition) is 3. The first-order valence-electron chi connectivity index (χ1n) is 7.10. The van der Waals surface area contributed by atoms with Crippen LogP contribution >= 0.6 is 0 Å². The van der Waals surface area contributed by atoms with Gasteiger partial charge in [-0.15, -0.1) is 0 Å². The molecule has 3 aromatic rings. The summed E-state index contributed by atoms with van der Waals surface area (Å²) in [5.41, 5.74) is 2.15. The van der Waals surface area contributed by atoms with Crippen LogP contribution in [0, 0.1) is 0 Å². The van der Waals surface area contributed by atoms with Crippen LogP contribution in [0.2, 0.25) is 0 Å². The summed E-state index contributed by atoms with van der Waals surface area (Å²) in [5, 5.41) is 12.2. The van der Waals surface area contributed by atoms with Gasteiger partial charge >= 0.3 is 0 Å². The van der Waals surface area contributed by atoms with Crippen LogP contribution in [-0.4, -0.2) is 48.3 Å².